The summed E-state index contributed by atoms with van der Waals surface area (Å²) >= 11 is 0. The van der Waals surface area contributed by atoms with Crippen LogP contribution in [0.2, 0.25) is 0 Å². The molecule has 8 nitrogen and oxygen atoms in total. The predicted octanol–water partition coefficient (Wildman–Crippen LogP) is 2.68. The number of amides is 3. The van der Waals surface area contributed by atoms with Crippen LogP contribution < -0.4 is 0 Å². The number of aryl methyl sites for hydroxylation is 1. The second-order valence-electron chi connectivity index (χ2n) is 6.70. The van der Waals surface area contributed by atoms with Gasteiger partial charge in [0.2, 0.25) is 10.0 Å². The second-order valence-corrected chi connectivity index (χ2v) is 8.61. The van der Waals surface area contributed by atoms with Gasteiger partial charge in [-0.2, -0.15) is 0 Å². The molecule has 0 atom stereocenters. The molecule has 1 aliphatic rings. The molecule has 0 spiro atoms. The number of urea groups is 1. The number of fused-ring (bicyclic) bond motifs is 1. The molecule has 1 aromatic carbocycles. The summed E-state index contributed by atoms with van der Waals surface area (Å²) in [6, 6.07) is 11.6. The third-order valence-corrected chi connectivity index (χ3v) is 5.84. The molecule has 1 aliphatic heterocycles. The van der Waals surface area contributed by atoms with E-state index in [0.717, 1.165) is 27.7 Å². The number of pyridine rings is 1. The van der Waals surface area contributed by atoms with E-state index in [9.17, 15) is 18.0 Å². The fourth-order valence-electron chi connectivity index (χ4n) is 3.29. The van der Waals surface area contributed by atoms with E-state index in [-0.39, 0.29) is 13.1 Å². The van der Waals surface area contributed by atoms with Gasteiger partial charge < -0.3 is 0 Å². The molecule has 0 bridgehead atoms. The minimum Gasteiger partial charge on any atom is -0.247 e. The van der Waals surface area contributed by atoms with Gasteiger partial charge in [0.25, 0.3) is 0 Å². The zero-order chi connectivity index (χ0) is 20.1. The molecule has 1 fully saturated rings. The molecule has 2 aromatic heterocycles. The Bertz CT molecular complexity index is 1200. The summed E-state index contributed by atoms with van der Waals surface area (Å²) in [5.74, 6) is 0. The largest absolute Gasteiger partial charge is 0.341 e. The number of nitrogens with zero attached hydrogens (tertiary/aromatic N) is 4. The number of hydrogen-bond donors (Lipinski definition) is 0. The summed E-state index contributed by atoms with van der Waals surface area (Å²) in [5.41, 5.74) is 2.87. The van der Waals surface area contributed by atoms with Crippen LogP contribution in [-0.4, -0.2) is 58.6 Å². The van der Waals surface area contributed by atoms with Gasteiger partial charge in [-0.15, -0.1) is 0 Å². The van der Waals surface area contributed by atoms with E-state index in [4.69, 9.17) is 0 Å². The van der Waals surface area contributed by atoms with Crippen molar-refractivity contribution in [3.8, 4) is 11.3 Å². The molecule has 3 amide bonds. The zero-order valence-electron chi connectivity index (χ0n) is 15.4. The SMILES string of the molecule is Cc1ccc(-c2cc3cccnc3n2C(=O)N2CCN(S(C)(=O)=O)C2=O)cc1. The van der Waals surface area contributed by atoms with Crippen LogP contribution in [0.5, 0.6) is 0 Å². The molecule has 9 heteroatoms. The Balaban J connectivity index is 1.84. The molecule has 0 N–H and O–H groups in total. The summed E-state index contributed by atoms with van der Waals surface area (Å²) in [6.45, 7) is 1.90. The van der Waals surface area contributed by atoms with Gasteiger partial charge in [0.1, 0.15) is 5.65 Å². The predicted molar refractivity (Wildman–Crippen MR) is 104 cm³/mol. The average molecular weight is 398 g/mol. The van der Waals surface area contributed by atoms with Crippen molar-refractivity contribution in [3.05, 3.63) is 54.2 Å². The Hall–Kier alpha value is -3.20. The van der Waals surface area contributed by atoms with Crippen molar-refractivity contribution in [1.82, 2.24) is 18.8 Å². The number of sulfonamides is 1. The number of carbonyl (C=O) groups excluding carboxylic acids is 2. The van der Waals surface area contributed by atoms with Crippen molar-refractivity contribution < 1.29 is 18.0 Å². The summed E-state index contributed by atoms with van der Waals surface area (Å²) in [4.78, 5) is 31.0. The monoisotopic (exact) mass is 398 g/mol. The van der Waals surface area contributed by atoms with E-state index < -0.39 is 22.1 Å². The Morgan fingerprint density at radius 1 is 1.11 bits per heavy atom. The van der Waals surface area contributed by atoms with Crippen LogP contribution in [0.25, 0.3) is 22.3 Å². The highest BCUT2D eigenvalue weighted by atomic mass is 32.2. The van der Waals surface area contributed by atoms with Crippen molar-refractivity contribution in [2.24, 2.45) is 0 Å². The highest BCUT2D eigenvalue weighted by Crippen LogP contribution is 2.29. The first kappa shape index (κ1) is 18.2. The van der Waals surface area contributed by atoms with Gasteiger partial charge in [0.05, 0.1) is 25.0 Å². The molecule has 0 radical (unpaired) electrons. The maximum atomic E-state index is 13.3. The lowest BCUT2D eigenvalue weighted by molar-refractivity contribution is 0.195. The van der Waals surface area contributed by atoms with Crippen LogP contribution in [0.3, 0.4) is 0 Å². The summed E-state index contributed by atoms with van der Waals surface area (Å²) < 4.78 is 25.6. The van der Waals surface area contributed by atoms with Gasteiger partial charge in [0.15, 0.2) is 0 Å². The van der Waals surface area contributed by atoms with E-state index in [1.165, 1.54) is 4.57 Å². The molecule has 3 heterocycles. The molecule has 0 aliphatic carbocycles. The summed E-state index contributed by atoms with van der Waals surface area (Å²) in [5, 5.41) is 0.748. The van der Waals surface area contributed by atoms with Crippen molar-refractivity contribution >= 4 is 33.1 Å². The highest BCUT2D eigenvalue weighted by Gasteiger charge is 2.39. The number of rotatable bonds is 2. The molecule has 0 saturated carbocycles. The molecule has 28 heavy (non-hydrogen) atoms. The maximum absolute atomic E-state index is 13.3. The first-order chi connectivity index (χ1) is 13.3. The van der Waals surface area contributed by atoms with Crippen LogP contribution in [0, 0.1) is 6.92 Å². The van der Waals surface area contributed by atoms with Gasteiger partial charge in [-0.25, -0.2) is 36.8 Å². The fraction of sp³-hybridized carbons (Fsp3) is 0.211. The first-order valence-electron chi connectivity index (χ1n) is 8.64. The summed E-state index contributed by atoms with van der Waals surface area (Å²) in [6.07, 6.45) is 2.52. The minimum atomic E-state index is -3.73. The van der Waals surface area contributed by atoms with Crippen LogP contribution in [-0.2, 0) is 10.0 Å². The summed E-state index contributed by atoms with van der Waals surface area (Å²) in [7, 11) is -3.73. The fourth-order valence-corrected chi connectivity index (χ4v) is 4.08. The number of carbonyl (C=O) groups is 2. The van der Waals surface area contributed by atoms with E-state index in [2.05, 4.69) is 4.98 Å². The van der Waals surface area contributed by atoms with Crippen LogP contribution in [0.15, 0.2) is 48.7 Å². The molecular weight excluding hydrogens is 380 g/mol. The number of benzene rings is 1. The van der Waals surface area contributed by atoms with Crippen molar-refractivity contribution in [2.75, 3.05) is 19.3 Å². The molecule has 0 unspecified atom stereocenters. The Labute approximate surface area is 162 Å². The van der Waals surface area contributed by atoms with Gasteiger partial charge in [-0.3, -0.25) is 0 Å². The Kier molecular flexibility index (Phi) is 4.19. The van der Waals surface area contributed by atoms with Crippen LogP contribution >= 0.6 is 0 Å². The highest BCUT2D eigenvalue weighted by molar-refractivity contribution is 7.88. The minimum absolute atomic E-state index is 0.00934. The van der Waals surface area contributed by atoms with Crippen LogP contribution in [0.4, 0.5) is 9.59 Å². The lowest BCUT2D eigenvalue weighted by atomic mass is 10.1. The standard InChI is InChI=1S/C19H18N4O4S/c1-13-5-7-14(8-6-13)16-12-15-4-3-9-20-17(15)23(16)19(25)21-10-11-22(18(21)24)28(2,26)27/h3-9,12H,10-11H2,1-2H3. The topological polar surface area (TPSA) is 92.6 Å². The van der Waals surface area contributed by atoms with Gasteiger partial charge in [-0.05, 0) is 30.7 Å². The van der Waals surface area contributed by atoms with Crippen LogP contribution in [0.1, 0.15) is 5.56 Å². The van der Waals surface area contributed by atoms with E-state index in [1.54, 1.807) is 12.3 Å². The quantitative estimate of drug-likeness (QED) is 0.662. The van der Waals surface area contributed by atoms with Crippen molar-refractivity contribution in [1.29, 1.82) is 0 Å². The van der Waals surface area contributed by atoms with Gasteiger partial charge >= 0.3 is 12.1 Å². The van der Waals surface area contributed by atoms with E-state index in [0.29, 0.717) is 15.6 Å². The maximum Gasteiger partial charge on any atom is 0.341 e. The molecule has 144 valence electrons. The normalized spacial score (nSPS) is 14.9. The van der Waals surface area contributed by atoms with Crippen molar-refractivity contribution in [2.45, 2.75) is 6.92 Å². The van der Waals surface area contributed by atoms with Gasteiger partial charge in [-0.1, -0.05) is 29.8 Å². The number of aromatic nitrogens is 2. The molecule has 3 aromatic rings. The lowest BCUT2D eigenvalue weighted by Gasteiger charge is -2.18. The third-order valence-electron chi connectivity index (χ3n) is 4.70. The third kappa shape index (κ3) is 2.93. The van der Waals surface area contributed by atoms with E-state index in [1.807, 2.05) is 43.3 Å². The first-order valence-corrected chi connectivity index (χ1v) is 10.5. The molecular formula is C19H18N4O4S. The average Bonchev–Trinajstić information content (AvgIpc) is 3.22. The number of hydrogen-bond acceptors (Lipinski definition) is 5. The number of imide groups is 1. The smallest absolute Gasteiger partial charge is 0.247 e. The van der Waals surface area contributed by atoms with Crippen molar-refractivity contribution in [3.63, 3.8) is 0 Å². The second kappa shape index (κ2) is 6.45. The Morgan fingerprint density at radius 2 is 1.82 bits per heavy atom. The lowest BCUT2D eigenvalue weighted by Crippen LogP contribution is -2.40. The Morgan fingerprint density at radius 3 is 2.46 bits per heavy atom. The molecule has 1 saturated heterocycles. The van der Waals surface area contributed by atoms with E-state index >= 15 is 0 Å². The van der Waals surface area contributed by atoms with Gasteiger partial charge in [0, 0.05) is 11.6 Å². The molecule has 4 rings (SSSR count). The zero-order valence-corrected chi connectivity index (χ0v) is 16.2.